The van der Waals surface area contributed by atoms with Crippen LogP contribution in [0.25, 0.3) is 0 Å². The van der Waals surface area contributed by atoms with Gasteiger partial charge in [-0.3, -0.25) is 4.79 Å². The maximum absolute atomic E-state index is 11.6. The molecule has 20 heavy (non-hydrogen) atoms. The van der Waals surface area contributed by atoms with Crippen LogP contribution in [0, 0.1) is 0 Å². The predicted molar refractivity (Wildman–Crippen MR) is 76.3 cm³/mol. The van der Waals surface area contributed by atoms with Crippen molar-refractivity contribution < 1.29 is 19.4 Å². The molecule has 1 aliphatic rings. The van der Waals surface area contributed by atoms with Crippen LogP contribution < -0.4 is 4.74 Å². The summed E-state index contributed by atoms with van der Waals surface area (Å²) in [5.74, 6) is 0.884. The first-order chi connectivity index (χ1) is 9.72. The third-order valence-electron chi connectivity index (χ3n) is 3.42. The zero-order chi connectivity index (χ0) is 14.4. The summed E-state index contributed by atoms with van der Waals surface area (Å²) in [5, 5.41) is 9.79. The monoisotopic (exact) mass is 278 g/mol. The lowest BCUT2D eigenvalue weighted by Crippen LogP contribution is -2.24. The molecule has 0 saturated heterocycles. The number of fused-ring (bicyclic) bond motifs is 1. The number of ether oxygens (including phenoxy) is 2. The Morgan fingerprint density at radius 3 is 2.95 bits per heavy atom. The van der Waals surface area contributed by atoms with Crippen molar-refractivity contribution in [3.63, 3.8) is 0 Å². The van der Waals surface area contributed by atoms with Gasteiger partial charge in [0.05, 0.1) is 6.61 Å². The Morgan fingerprint density at radius 2 is 2.15 bits per heavy atom. The van der Waals surface area contributed by atoms with Crippen molar-refractivity contribution in [2.24, 2.45) is 0 Å². The van der Waals surface area contributed by atoms with Crippen LogP contribution in [0.3, 0.4) is 0 Å². The summed E-state index contributed by atoms with van der Waals surface area (Å²) in [5.41, 5.74) is 1.73. The number of carbonyl (C=O) groups excluding carboxylic acids is 1. The summed E-state index contributed by atoms with van der Waals surface area (Å²) >= 11 is 0. The summed E-state index contributed by atoms with van der Waals surface area (Å²) < 4.78 is 11.0. The average molecular weight is 278 g/mol. The van der Waals surface area contributed by atoms with Gasteiger partial charge in [-0.1, -0.05) is 25.5 Å². The maximum atomic E-state index is 11.6. The second-order valence-electron chi connectivity index (χ2n) is 5.10. The molecule has 0 amide bonds. The number of carbonyl (C=O) groups is 1. The van der Waals surface area contributed by atoms with Gasteiger partial charge < -0.3 is 14.6 Å². The minimum absolute atomic E-state index is 0.175. The van der Waals surface area contributed by atoms with Gasteiger partial charge in [0.2, 0.25) is 0 Å². The minimum Gasteiger partial charge on any atom is -0.490 e. The average Bonchev–Trinajstić information content (AvgIpc) is 2.84. The Labute approximate surface area is 119 Å². The molecular weight excluding hydrogens is 256 g/mol. The smallest absolute Gasteiger partial charge is 0.163 e. The number of aliphatic hydroxyl groups is 1. The van der Waals surface area contributed by atoms with E-state index in [2.05, 4.69) is 6.92 Å². The first-order valence-corrected chi connectivity index (χ1v) is 7.26. The van der Waals surface area contributed by atoms with Crippen LogP contribution in [0.15, 0.2) is 18.2 Å². The third-order valence-corrected chi connectivity index (χ3v) is 3.42. The van der Waals surface area contributed by atoms with E-state index in [1.54, 1.807) is 0 Å². The molecule has 0 bridgehead atoms. The zero-order valence-corrected chi connectivity index (χ0v) is 11.9. The summed E-state index contributed by atoms with van der Waals surface area (Å²) in [6.45, 7) is 3.24. The van der Waals surface area contributed by atoms with E-state index in [4.69, 9.17) is 9.47 Å². The van der Waals surface area contributed by atoms with Crippen molar-refractivity contribution in [3.05, 3.63) is 29.3 Å². The highest BCUT2D eigenvalue weighted by molar-refractivity contribution is 6.01. The predicted octanol–water partition coefficient (Wildman–Crippen LogP) is 2.37. The van der Waals surface area contributed by atoms with Crippen LogP contribution >= 0.6 is 0 Å². The number of benzene rings is 1. The van der Waals surface area contributed by atoms with E-state index in [-0.39, 0.29) is 19.0 Å². The summed E-state index contributed by atoms with van der Waals surface area (Å²) in [7, 11) is 0. The molecule has 0 spiro atoms. The lowest BCUT2D eigenvalue weighted by Gasteiger charge is -2.14. The fourth-order valence-electron chi connectivity index (χ4n) is 2.29. The molecule has 0 saturated carbocycles. The maximum Gasteiger partial charge on any atom is 0.163 e. The van der Waals surface area contributed by atoms with E-state index in [0.29, 0.717) is 18.8 Å². The molecule has 0 fully saturated rings. The van der Waals surface area contributed by atoms with E-state index in [0.717, 1.165) is 30.4 Å². The van der Waals surface area contributed by atoms with Crippen LogP contribution in [0.1, 0.15) is 42.1 Å². The highest BCUT2D eigenvalue weighted by Gasteiger charge is 2.22. The van der Waals surface area contributed by atoms with Crippen LogP contribution in [-0.4, -0.2) is 36.8 Å². The van der Waals surface area contributed by atoms with Gasteiger partial charge in [-0.15, -0.1) is 0 Å². The van der Waals surface area contributed by atoms with Gasteiger partial charge in [-0.2, -0.15) is 0 Å². The van der Waals surface area contributed by atoms with Gasteiger partial charge in [0, 0.05) is 24.2 Å². The zero-order valence-electron chi connectivity index (χ0n) is 11.9. The summed E-state index contributed by atoms with van der Waals surface area (Å²) in [4.78, 5) is 11.6. The van der Waals surface area contributed by atoms with Gasteiger partial charge >= 0.3 is 0 Å². The summed E-state index contributed by atoms with van der Waals surface area (Å²) in [6.07, 6.45) is 2.73. The molecule has 0 aliphatic heterocycles. The molecule has 1 aromatic rings. The van der Waals surface area contributed by atoms with Crippen molar-refractivity contribution in [2.45, 2.75) is 38.7 Å². The largest absolute Gasteiger partial charge is 0.490 e. The molecule has 0 radical (unpaired) electrons. The fourth-order valence-corrected chi connectivity index (χ4v) is 2.29. The van der Waals surface area contributed by atoms with Crippen molar-refractivity contribution in [2.75, 3.05) is 19.8 Å². The molecule has 1 aliphatic carbocycles. The minimum atomic E-state index is -0.639. The first-order valence-electron chi connectivity index (χ1n) is 7.26. The lowest BCUT2D eigenvalue weighted by atomic mass is 10.1. The van der Waals surface area contributed by atoms with Crippen molar-refractivity contribution >= 4 is 5.78 Å². The number of ketones is 1. The topological polar surface area (TPSA) is 55.8 Å². The SMILES string of the molecule is CCCCOCC(O)COc1cccc2c1CCC2=O. The molecule has 0 aromatic heterocycles. The quantitative estimate of drug-likeness (QED) is 0.742. The number of aliphatic hydroxyl groups excluding tert-OH is 1. The van der Waals surface area contributed by atoms with E-state index in [1.807, 2.05) is 18.2 Å². The van der Waals surface area contributed by atoms with Gasteiger partial charge in [-0.25, -0.2) is 0 Å². The molecule has 1 unspecified atom stereocenters. The fraction of sp³-hybridized carbons (Fsp3) is 0.562. The highest BCUT2D eigenvalue weighted by Crippen LogP contribution is 2.30. The van der Waals surface area contributed by atoms with Gasteiger partial charge in [0.15, 0.2) is 5.78 Å². The van der Waals surface area contributed by atoms with Gasteiger partial charge in [0.25, 0.3) is 0 Å². The molecule has 4 nitrogen and oxygen atoms in total. The lowest BCUT2D eigenvalue weighted by molar-refractivity contribution is 0.0111. The Morgan fingerprint density at radius 1 is 1.30 bits per heavy atom. The molecular formula is C16H22O4. The molecule has 4 heteroatoms. The molecule has 1 N–H and O–H groups in total. The molecule has 1 aromatic carbocycles. The Bertz CT molecular complexity index is 456. The Hall–Kier alpha value is -1.39. The van der Waals surface area contributed by atoms with Gasteiger partial charge in [0.1, 0.15) is 18.5 Å². The molecule has 110 valence electrons. The Balaban J connectivity index is 1.81. The van der Waals surface area contributed by atoms with Crippen LogP contribution in [0.5, 0.6) is 5.75 Å². The normalized spacial score (nSPS) is 15.2. The molecule has 0 heterocycles. The van der Waals surface area contributed by atoms with E-state index >= 15 is 0 Å². The second-order valence-corrected chi connectivity index (χ2v) is 5.10. The number of hydrogen-bond acceptors (Lipinski definition) is 4. The van der Waals surface area contributed by atoms with Crippen molar-refractivity contribution in [1.29, 1.82) is 0 Å². The first kappa shape index (κ1) is 15.0. The van der Waals surface area contributed by atoms with E-state index < -0.39 is 6.10 Å². The van der Waals surface area contributed by atoms with E-state index in [1.165, 1.54) is 0 Å². The molecule has 1 atom stereocenters. The number of unbranched alkanes of at least 4 members (excludes halogenated alkanes) is 1. The van der Waals surface area contributed by atoms with Crippen molar-refractivity contribution in [1.82, 2.24) is 0 Å². The number of Topliss-reactive ketones (excluding diaryl/α,β-unsaturated/α-hetero) is 1. The Kier molecular flexibility index (Phi) is 5.56. The highest BCUT2D eigenvalue weighted by atomic mass is 16.5. The van der Waals surface area contributed by atoms with Crippen LogP contribution in [0.2, 0.25) is 0 Å². The van der Waals surface area contributed by atoms with E-state index in [9.17, 15) is 9.90 Å². The van der Waals surface area contributed by atoms with Gasteiger partial charge in [-0.05, 0) is 18.9 Å². The third kappa shape index (κ3) is 3.81. The van der Waals surface area contributed by atoms with Crippen LogP contribution in [0.4, 0.5) is 0 Å². The summed E-state index contributed by atoms with van der Waals surface area (Å²) in [6, 6.07) is 5.51. The number of rotatable bonds is 8. The number of hydrogen-bond donors (Lipinski definition) is 1. The van der Waals surface area contributed by atoms with Crippen molar-refractivity contribution in [3.8, 4) is 5.75 Å². The second kappa shape index (κ2) is 7.41. The van der Waals surface area contributed by atoms with Crippen LogP contribution in [-0.2, 0) is 11.2 Å². The molecule has 2 rings (SSSR count). The standard InChI is InChI=1S/C16H22O4/c1-2-3-9-19-10-12(17)11-20-16-6-4-5-13-14(16)7-8-15(13)18/h4-6,12,17H,2-3,7-11H2,1H3.